The summed E-state index contributed by atoms with van der Waals surface area (Å²) in [5.41, 5.74) is 0. The van der Waals surface area contributed by atoms with Crippen LogP contribution in [0.2, 0.25) is 0 Å². The van der Waals surface area contributed by atoms with Crippen molar-refractivity contribution in [1.29, 1.82) is 0 Å². The Kier molecular flexibility index (Phi) is 2.63. The van der Waals surface area contributed by atoms with E-state index in [1.54, 1.807) is 12.4 Å². The van der Waals surface area contributed by atoms with Gasteiger partial charge in [-0.1, -0.05) is 6.92 Å². The minimum Gasteiger partial charge on any atom is -0.393 e. The van der Waals surface area contributed by atoms with Crippen molar-refractivity contribution in [3.63, 3.8) is 0 Å². The zero-order valence-electron chi connectivity index (χ0n) is 8.30. The van der Waals surface area contributed by atoms with Crippen LogP contribution in [-0.2, 0) is 0 Å². The van der Waals surface area contributed by atoms with Crippen LogP contribution in [0.4, 0.5) is 5.95 Å². The van der Waals surface area contributed by atoms with E-state index in [0.29, 0.717) is 5.92 Å². The van der Waals surface area contributed by atoms with Crippen LogP contribution in [0.5, 0.6) is 0 Å². The van der Waals surface area contributed by atoms with Crippen molar-refractivity contribution in [2.24, 2.45) is 5.92 Å². The molecular weight excluding hydrogens is 178 g/mol. The molecule has 2 unspecified atom stereocenters. The van der Waals surface area contributed by atoms with Gasteiger partial charge in [0.25, 0.3) is 0 Å². The van der Waals surface area contributed by atoms with E-state index in [0.717, 1.165) is 25.5 Å². The molecule has 1 N–H and O–H groups in total. The maximum absolute atomic E-state index is 9.57. The predicted molar refractivity (Wildman–Crippen MR) is 54.0 cm³/mol. The smallest absolute Gasteiger partial charge is 0.225 e. The highest BCUT2D eigenvalue weighted by atomic mass is 16.3. The van der Waals surface area contributed by atoms with E-state index in [9.17, 15) is 5.11 Å². The van der Waals surface area contributed by atoms with Gasteiger partial charge in [-0.15, -0.1) is 0 Å². The summed E-state index contributed by atoms with van der Waals surface area (Å²) in [6, 6.07) is 1.81. The molecule has 1 fully saturated rings. The minimum absolute atomic E-state index is 0.171. The van der Waals surface area contributed by atoms with Crippen LogP contribution in [0, 0.1) is 5.92 Å². The van der Waals surface area contributed by atoms with E-state index in [4.69, 9.17) is 0 Å². The van der Waals surface area contributed by atoms with Crippen molar-refractivity contribution >= 4 is 5.95 Å². The molecule has 4 nitrogen and oxygen atoms in total. The second kappa shape index (κ2) is 3.92. The Morgan fingerprint density at radius 1 is 1.43 bits per heavy atom. The molecule has 14 heavy (non-hydrogen) atoms. The summed E-state index contributed by atoms with van der Waals surface area (Å²) in [7, 11) is 0. The zero-order chi connectivity index (χ0) is 9.97. The van der Waals surface area contributed by atoms with Gasteiger partial charge in [-0.25, -0.2) is 9.97 Å². The molecule has 1 aliphatic heterocycles. The molecule has 2 heterocycles. The van der Waals surface area contributed by atoms with E-state index in [-0.39, 0.29) is 6.10 Å². The van der Waals surface area contributed by atoms with Gasteiger partial charge in [-0.2, -0.15) is 0 Å². The van der Waals surface area contributed by atoms with Crippen molar-refractivity contribution in [3.05, 3.63) is 18.5 Å². The zero-order valence-corrected chi connectivity index (χ0v) is 8.30. The minimum atomic E-state index is -0.171. The van der Waals surface area contributed by atoms with E-state index in [1.165, 1.54) is 0 Å². The van der Waals surface area contributed by atoms with Gasteiger partial charge in [-0.3, -0.25) is 0 Å². The average molecular weight is 193 g/mol. The highest BCUT2D eigenvalue weighted by molar-refractivity contribution is 5.29. The number of nitrogens with zero attached hydrogens (tertiary/aromatic N) is 3. The standard InChI is InChI=1S/C10H15N3O/c1-8-7-13(6-3-9(8)14)10-11-4-2-5-12-10/h2,4-5,8-9,14H,3,6-7H2,1H3. The lowest BCUT2D eigenvalue weighted by Gasteiger charge is -2.34. The number of aliphatic hydroxyl groups is 1. The van der Waals surface area contributed by atoms with Crippen molar-refractivity contribution in [1.82, 2.24) is 9.97 Å². The van der Waals surface area contributed by atoms with Gasteiger partial charge in [0.2, 0.25) is 5.95 Å². The predicted octanol–water partition coefficient (Wildman–Crippen LogP) is 0.684. The topological polar surface area (TPSA) is 49.2 Å². The molecule has 0 aliphatic carbocycles. The Hall–Kier alpha value is -1.16. The van der Waals surface area contributed by atoms with Crippen LogP contribution in [0.15, 0.2) is 18.5 Å². The van der Waals surface area contributed by atoms with E-state index in [2.05, 4.69) is 21.8 Å². The first-order valence-corrected chi connectivity index (χ1v) is 4.97. The molecule has 0 radical (unpaired) electrons. The Balaban J connectivity index is 2.07. The lowest BCUT2D eigenvalue weighted by atomic mass is 9.97. The molecule has 0 amide bonds. The Morgan fingerprint density at radius 2 is 2.14 bits per heavy atom. The van der Waals surface area contributed by atoms with Crippen molar-refractivity contribution in [3.8, 4) is 0 Å². The molecule has 4 heteroatoms. The van der Waals surface area contributed by atoms with Gasteiger partial charge in [0.15, 0.2) is 0 Å². The summed E-state index contributed by atoms with van der Waals surface area (Å²) < 4.78 is 0. The van der Waals surface area contributed by atoms with Crippen LogP contribution in [0.1, 0.15) is 13.3 Å². The molecular formula is C10H15N3O. The number of anilines is 1. The van der Waals surface area contributed by atoms with Crippen LogP contribution in [0.3, 0.4) is 0 Å². The Bertz CT molecular complexity index is 291. The second-order valence-corrected chi connectivity index (χ2v) is 3.83. The normalized spacial score (nSPS) is 27.7. The van der Waals surface area contributed by atoms with E-state index in [1.807, 2.05) is 6.07 Å². The summed E-state index contributed by atoms with van der Waals surface area (Å²) in [4.78, 5) is 10.5. The third-order valence-electron chi connectivity index (χ3n) is 2.69. The molecule has 0 saturated carbocycles. The van der Waals surface area contributed by atoms with Gasteiger partial charge in [0, 0.05) is 25.5 Å². The summed E-state index contributed by atoms with van der Waals surface area (Å²) >= 11 is 0. The van der Waals surface area contributed by atoms with Crippen molar-refractivity contribution < 1.29 is 5.11 Å². The van der Waals surface area contributed by atoms with Crippen LogP contribution < -0.4 is 4.90 Å². The molecule has 2 atom stereocenters. The lowest BCUT2D eigenvalue weighted by molar-refractivity contribution is 0.0966. The molecule has 76 valence electrons. The van der Waals surface area contributed by atoms with Crippen LogP contribution in [0.25, 0.3) is 0 Å². The maximum atomic E-state index is 9.57. The van der Waals surface area contributed by atoms with Gasteiger partial charge < -0.3 is 10.0 Å². The van der Waals surface area contributed by atoms with Crippen LogP contribution in [-0.4, -0.2) is 34.3 Å². The number of aliphatic hydroxyl groups excluding tert-OH is 1. The summed E-state index contributed by atoms with van der Waals surface area (Å²) in [6.45, 7) is 3.74. The number of hydrogen-bond donors (Lipinski definition) is 1. The van der Waals surface area contributed by atoms with E-state index < -0.39 is 0 Å². The third kappa shape index (κ3) is 1.85. The van der Waals surface area contributed by atoms with Gasteiger partial charge >= 0.3 is 0 Å². The quantitative estimate of drug-likeness (QED) is 0.712. The molecule has 1 aromatic heterocycles. The van der Waals surface area contributed by atoms with Gasteiger partial charge in [0.1, 0.15) is 0 Å². The fourth-order valence-corrected chi connectivity index (χ4v) is 1.77. The molecule has 0 spiro atoms. The highest BCUT2D eigenvalue weighted by Gasteiger charge is 2.25. The Morgan fingerprint density at radius 3 is 2.79 bits per heavy atom. The fraction of sp³-hybridized carbons (Fsp3) is 0.600. The lowest BCUT2D eigenvalue weighted by Crippen LogP contribution is -2.42. The Labute approximate surface area is 83.6 Å². The number of piperidine rings is 1. The monoisotopic (exact) mass is 193 g/mol. The van der Waals surface area contributed by atoms with Gasteiger partial charge in [-0.05, 0) is 18.4 Å². The molecule has 0 aromatic carbocycles. The fourth-order valence-electron chi connectivity index (χ4n) is 1.77. The van der Waals surface area contributed by atoms with Gasteiger partial charge in [0.05, 0.1) is 6.10 Å². The highest BCUT2D eigenvalue weighted by Crippen LogP contribution is 2.19. The van der Waals surface area contributed by atoms with Crippen molar-refractivity contribution in [2.45, 2.75) is 19.4 Å². The number of rotatable bonds is 1. The van der Waals surface area contributed by atoms with Crippen molar-refractivity contribution in [2.75, 3.05) is 18.0 Å². The first-order chi connectivity index (χ1) is 6.77. The molecule has 2 rings (SSSR count). The first-order valence-electron chi connectivity index (χ1n) is 4.97. The third-order valence-corrected chi connectivity index (χ3v) is 2.69. The second-order valence-electron chi connectivity index (χ2n) is 3.83. The maximum Gasteiger partial charge on any atom is 0.225 e. The average Bonchev–Trinajstić information content (AvgIpc) is 2.23. The molecule has 1 aromatic rings. The SMILES string of the molecule is CC1CN(c2ncccn2)CCC1O. The first kappa shape index (κ1) is 9.40. The summed E-state index contributed by atoms with van der Waals surface area (Å²) in [5.74, 6) is 1.07. The molecule has 0 bridgehead atoms. The summed E-state index contributed by atoms with van der Waals surface area (Å²) in [6.07, 6.45) is 4.13. The van der Waals surface area contributed by atoms with E-state index >= 15 is 0 Å². The molecule has 1 saturated heterocycles. The molecule has 1 aliphatic rings. The number of hydrogen-bond acceptors (Lipinski definition) is 4. The summed E-state index contributed by atoms with van der Waals surface area (Å²) in [5, 5.41) is 9.57. The largest absolute Gasteiger partial charge is 0.393 e. The van der Waals surface area contributed by atoms with Crippen LogP contribution >= 0.6 is 0 Å². The number of aromatic nitrogens is 2.